The predicted octanol–water partition coefficient (Wildman–Crippen LogP) is 1.44. The van der Waals surface area contributed by atoms with Crippen LogP contribution in [-0.2, 0) is 14.2 Å². The molecule has 0 aromatic carbocycles. The van der Waals surface area contributed by atoms with Gasteiger partial charge in [0.1, 0.15) is 0 Å². The molecule has 0 aliphatic heterocycles. The minimum atomic E-state index is -0.811. The minimum Gasteiger partial charge on any atom is -0.368 e. The summed E-state index contributed by atoms with van der Waals surface area (Å²) in [6.45, 7) is 10.9. The average Bonchev–Trinajstić information content (AvgIpc) is 1.98. The van der Waals surface area contributed by atoms with Gasteiger partial charge >= 0.3 is 0 Å². The summed E-state index contributed by atoms with van der Waals surface area (Å²) in [5.41, 5.74) is 5.35. The third kappa shape index (κ3) is 23.5. The fourth-order valence-electron chi connectivity index (χ4n) is 0.635. The molecule has 16 heavy (non-hydrogen) atoms. The van der Waals surface area contributed by atoms with Crippen LogP contribution in [0.3, 0.4) is 0 Å². The second kappa shape index (κ2) is 8.90. The molecule has 5 heteroatoms. The van der Waals surface area contributed by atoms with Gasteiger partial charge in [-0.25, -0.2) is 0 Å². The number of nitrogens with two attached hydrogens (primary N) is 1. The van der Waals surface area contributed by atoms with Crippen molar-refractivity contribution in [3.63, 3.8) is 0 Å². The van der Waals surface area contributed by atoms with Crippen molar-refractivity contribution in [3.8, 4) is 0 Å². The van der Waals surface area contributed by atoms with Gasteiger partial charge in [0.05, 0.1) is 0 Å². The van der Waals surface area contributed by atoms with Crippen LogP contribution in [0.15, 0.2) is 0 Å². The number of aliphatic hydroxyl groups excluding tert-OH is 1. The summed E-state index contributed by atoms with van der Waals surface area (Å²) in [7, 11) is 1.54. The Morgan fingerprint density at radius 1 is 1.00 bits per heavy atom. The van der Waals surface area contributed by atoms with E-state index in [0.29, 0.717) is 0 Å². The Morgan fingerprint density at radius 3 is 1.62 bits per heavy atom. The maximum absolute atomic E-state index is 8.77. The Balaban J connectivity index is 0. The summed E-state index contributed by atoms with van der Waals surface area (Å²) in [6, 6.07) is 0. The van der Waals surface area contributed by atoms with Gasteiger partial charge in [-0.1, -0.05) is 0 Å². The standard InChI is InChI=1S/C7H16O4.C4H11N/c1-5(8)10-7(3)11-6(2)9-4;1-4(2,3)5/h5-8H,1-4H3;5H2,1-3H3. The molecule has 0 saturated carbocycles. The number of hydrogen-bond donors (Lipinski definition) is 2. The zero-order valence-electron chi connectivity index (χ0n) is 11.5. The molecule has 0 bridgehead atoms. The summed E-state index contributed by atoms with van der Waals surface area (Å²) in [5.74, 6) is 0. The van der Waals surface area contributed by atoms with E-state index in [2.05, 4.69) is 0 Å². The van der Waals surface area contributed by atoms with Crippen molar-refractivity contribution in [2.45, 2.75) is 66.0 Å². The third-order valence-corrected chi connectivity index (χ3v) is 1.10. The van der Waals surface area contributed by atoms with Crippen LogP contribution in [0, 0.1) is 0 Å². The van der Waals surface area contributed by atoms with E-state index in [1.54, 1.807) is 21.0 Å². The summed E-state index contributed by atoms with van der Waals surface area (Å²) < 4.78 is 14.8. The number of rotatable bonds is 5. The maximum Gasteiger partial charge on any atom is 0.161 e. The summed E-state index contributed by atoms with van der Waals surface area (Å²) in [5, 5.41) is 8.77. The highest BCUT2D eigenvalue weighted by atomic mass is 16.8. The highest BCUT2D eigenvalue weighted by molar-refractivity contribution is 4.60. The first-order valence-electron chi connectivity index (χ1n) is 5.37. The van der Waals surface area contributed by atoms with E-state index >= 15 is 0 Å². The predicted molar refractivity (Wildman–Crippen MR) is 63.7 cm³/mol. The van der Waals surface area contributed by atoms with Crippen LogP contribution in [0.1, 0.15) is 41.5 Å². The van der Waals surface area contributed by atoms with Crippen LogP contribution in [0.25, 0.3) is 0 Å². The van der Waals surface area contributed by atoms with Gasteiger partial charge in [0.2, 0.25) is 0 Å². The van der Waals surface area contributed by atoms with Gasteiger partial charge < -0.3 is 25.1 Å². The molecule has 100 valence electrons. The van der Waals surface area contributed by atoms with Crippen LogP contribution in [0.4, 0.5) is 0 Å². The Morgan fingerprint density at radius 2 is 1.38 bits per heavy atom. The second-order valence-electron chi connectivity index (χ2n) is 4.61. The van der Waals surface area contributed by atoms with Gasteiger partial charge in [-0.15, -0.1) is 0 Å². The zero-order chi connectivity index (χ0) is 13.4. The van der Waals surface area contributed by atoms with E-state index in [1.807, 2.05) is 20.8 Å². The van der Waals surface area contributed by atoms with Gasteiger partial charge in [-0.2, -0.15) is 0 Å². The van der Waals surface area contributed by atoms with Gasteiger partial charge in [-0.05, 0) is 41.5 Å². The lowest BCUT2D eigenvalue weighted by Crippen LogP contribution is -2.26. The van der Waals surface area contributed by atoms with Crippen molar-refractivity contribution in [3.05, 3.63) is 0 Å². The Kier molecular flexibility index (Phi) is 10.1. The number of ether oxygens (including phenoxy) is 3. The third-order valence-electron chi connectivity index (χ3n) is 1.10. The molecule has 0 rings (SSSR count). The Bertz CT molecular complexity index is 151. The van der Waals surface area contributed by atoms with Crippen LogP contribution in [0.5, 0.6) is 0 Å². The van der Waals surface area contributed by atoms with Crippen LogP contribution in [0.2, 0.25) is 0 Å². The van der Waals surface area contributed by atoms with E-state index in [0.717, 1.165) is 0 Å². The van der Waals surface area contributed by atoms with Crippen LogP contribution >= 0.6 is 0 Å². The lowest BCUT2D eigenvalue weighted by Gasteiger charge is -2.19. The minimum absolute atomic E-state index is 0. The average molecular weight is 237 g/mol. The van der Waals surface area contributed by atoms with E-state index < -0.39 is 12.6 Å². The van der Waals surface area contributed by atoms with Crippen molar-refractivity contribution in [2.75, 3.05) is 7.11 Å². The van der Waals surface area contributed by atoms with Crippen molar-refractivity contribution >= 4 is 0 Å². The second-order valence-corrected chi connectivity index (χ2v) is 4.61. The van der Waals surface area contributed by atoms with E-state index in [4.69, 9.17) is 25.1 Å². The highest BCUT2D eigenvalue weighted by Gasteiger charge is 2.09. The van der Waals surface area contributed by atoms with Gasteiger partial charge in [-0.3, -0.25) is 0 Å². The van der Waals surface area contributed by atoms with Gasteiger partial charge in [0.25, 0.3) is 0 Å². The topological polar surface area (TPSA) is 73.9 Å². The molecule has 0 saturated heterocycles. The summed E-state index contributed by atoms with van der Waals surface area (Å²) >= 11 is 0. The molecule has 0 aliphatic rings. The SMILES string of the molecule is CC(C)(C)N.COC(C)OC(C)OC(C)O. The fraction of sp³-hybridized carbons (Fsp3) is 1.00. The van der Waals surface area contributed by atoms with Crippen molar-refractivity contribution in [1.82, 2.24) is 0 Å². The molecule has 3 N–H and O–H groups in total. The summed E-state index contributed by atoms with van der Waals surface area (Å²) in [6.07, 6.45) is -1.58. The molecule has 3 atom stereocenters. The largest absolute Gasteiger partial charge is 0.368 e. The fourth-order valence-corrected chi connectivity index (χ4v) is 0.635. The van der Waals surface area contributed by atoms with E-state index in [-0.39, 0.29) is 11.8 Å². The lowest BCUT2D eigenvalue weighted by atomic mass is 10.1. The summed E-state index contributed by atoms with van der Waals surface area (Å²) in [4.78, 5) is 0. The molecular weight excluding hydrogens is 210 g/mol. The molecule has 0 spiro atoms. The molecule has 0 amide bonds. The van der Waals surface area contributed by atoms with E-state index in [9.17, 15) is 0 Å². The highest BCUT2D eigenvalue weighted by Crippen LogP contribution is 2.01. The molecule has 0 aliphatic carbocycles. The smallest absolute Gasteiger partial charge is 0.161 e. The van der Waals surface area contributed by atoms with Crippen molar-refractivity contribution < 1.29 is 19.3 Å². The number of aliphatic hydroxyl groups is 1. The van der Waals surface area contributed by atoms with E-state index in [1.165, 1.54) is 6.92 Å². The number of methoxy groups -OCH3 is 1. The molecule has 3 unspecified atom stereocenters. The van der Waals surface area contributed by atoms with Crippen LogP contribution < -0.4 is 5.73 Å². The number of hydrogen-bond acceptors (Lipinski definition) is 5. The zero-order valence-corrected chi connectivity index (χ0v) is 11.5. The maximum atomic E-state index is 8.77. The first-order valence-corrected chi connectivity index (χ1v) is 5.37. The van der Waals surface area contributed by atoms with Crippen molar-refractivity contribution in [2.24, 2.45) is 5.73 Å². The molecule has 0 radical (unpaired) electrons. The first-order chi connectivity index (χ1) is 7.06. The Labute approximate surface area is 98.9 Å². The quantitative estimate of drug-likeness (QED) is 0.708. The molecule has 0 fully saturated rings. The molecule has 5 nitrogen and oxygen atoms in total. The first kappa shape index (κ1) is 18.2. The molecule has 0 aromatic heterocycles. The molecule has 0 heterocycles. The van der Waals surface area contributed by atoms with Crippen molar-refractivity contribution in [1.29, 1.82) is 0 Å². The molecule has 0 aromatic rings. The normalized spacial score (nSPS) is 17.1. The molecular formula is C11H27NO4. The van der Waals surface area contributed by atoms with Gasteiger partial charge in [0.15, 0.2) is 18.9 Å². The Hall–Kier alpha value is -0.200. The monoisotopic (exact) mass is 237 g/mol. The van der Waals surface area contributed by atoms with Crippen LogP contribution in [-0.4, -0.2) is 36.6 Å². The lowest BCUT2D eigenvalue weighted by molar-refractivity contribution is -0.265. The van der Waals surface area contributed by atoms with Gasteiger partial charge in [0, 0.05) is 12.6 Å².